The number of para-hydroxylation sites is 1. The van der Waals surface area contributed by atoms with Crippen molar-refractivity contribution in [2.75, 3.05) is 11.4 Å². The van der Waals surface area contributed by atoms with Crippen molar-refractivity contribution in [3.8, 4) is 0 Å². The normalized spacial score (nSPS) is 22.7. The standard InChI is InChI=1S/C16H24N2O/c1-6-13-9-7-8-11(2)14(13)18-10-12(3)17-16(4,5)15(18)19/h7-9,12,17H,6,10H2,1-5H3. The van der Waals surface area contributed by atoms with Crippen molar-refractivity contribution < 1.29 is 4.79 Å². The van der Waals surface area contributed by atoms with E-state index in [0.29, 0.717) is 6.04 Å². The zero-order chi connectivity index (χ0) is 14.2. The summed E-state index contributed by atoms with van der Waals surface area (Å²) in [5.74, 6) is 0.162. The summed E-state index contributed by atoms with van der Waals surface area (Å²) in [6.07, 6.45) is 0.947. The first kappa shape index (κ1) is 14.1. The molecule has 1 aromatic rings. The number of piperazine rings is 1. The Balaban J connectivity index is 2.49. The van der Waals surface area contributed by atoms with Gasteiger partial charge in [-0.25, -0.2) is 0 Å². The average molecular weight is 260 g/mol. The third-order valence-corrected chi connectivity index (χ3v) is 3.82. The van der Waals surface area contributed by atoms with Crippen molar-refractivity contribution in [1.82, 2.24) is 5.32 Å². The molecule has 0 bridgehead atoms. The highest BCUT2D eigenvalue weighted by atomic mass is 16.2. The van der Waals surface area contributed by atoms with Crippen LogP contribution in [0.2, 0.25) is 0 Å². The van der Waals surface area contributed by atoms with Crippen LogP contribution < -0.4 is 10.2 Å². The van der Waals surface area contributed by atoms with Crippen molar-refractivity contribution in [3.05, 3.63) is 29.3 Å². The second-order valence-electron chi connectivity index (χ2n) is 6.02. The highest BCUT2D eigenvalue weighted by molar-refractivity contribution is 6.01. The first-order valence-corrected chi connectivity index (χ1v) is 7.05. The third kappa shape index (κ3) is 2.52. The number of amides is 1. The summed E-state index contributed by atoms with van der Waals surface area (Å²) in [6, 6.07) is 6.58. The largest absolute Gasteiger partial charge is 0.309 e. The molecule has 0 spiro atoms. The molecule has 1 aromatic carbocycles. The van der Waals surface area contributed by atoms with Crippen LogP contribution in [0, 0.1) is 6.92 Å². The number of anilines is 1. The fourth-order valence-electron chi connectivity index (χ4n) is 3.00. The van der Waals surface area contributed by atoms with Gasteiger partial charge in [-0.3, -0.25) is 10.1 Å². The number of hydrogen-bond donors (Lipinski definition) is 1. The molecule has 1 fully saturated rings. The Morgan fingerprint density at radius 1 is 1.42 bits per heavy atom. The topological polar surface area (TPSA) is 32.3 Å². The third-order valence-electron chi connectivity index (χ3n) is 3.82. The molecule has 0 aliphatic carbocycles. The number of carbonyl (C=O) groups excluding carboxylic acids is 1. The number of nitrogens with one attached hydrogen (secondary N) is 1. The Bertz CT molecular complexity index is 494. The summed E-state index contributed by atoms with van der Waals surface area (Å²) in [7, 11) is 0. The molecule has 1 atom stereocenters. The van der Waals surface area contributed by atoms with E-state index in [1.165, 1.54) is 11.1 Å². The number of benzene rings is 1. The first-order valence-electron chi connectivity index (χ1n) is 7.05. The van der Waals surface area contributed by atoms with E-state index < -0.39 is 5.54 Å². The SMILES string of the molecule is CCc1cccc(C)c1N1CC(C)NC(C)(C)C1=O. The van der Waals surface area contributed by atoms with Gasteiger partial charge in [-0.1, -0.05) is 25.1 Å². The Morgan fingerprint density at radius 2 is 2.11 bits per heavy atom. The first-order chi connectivity index (χ1) is 8.86. The van der Waals surface area contributed by atoms with Crippen molar-refractivity contribution in [1.29, 1.82) is 0 Å². The molecule has 1 N–H and O–H groups in total. The molecule has 1 aliphatic heterocycles. The minimum Gasteiger partial charge on any atom is -0.309 e. The number of rotatable bonds is 2. The molecule has 104 valence electrons. The Kier molecular flexibility index (Phi) is 3.68. The lowest BCUT2D eigenvalue weighted by molar-refractivity contribution is -0.125. The quantitative estimate of drug-likeness (QED) is 0.886. The molecule has 1 heterocycles. The van der Waals surface area contributed by atoms with Crippen LogP contribution in [-0.4, -0.2) is 24.0 Å². The van der Waals surface area contributed by atoms with E-state index in [1.807, 2.05) is 18.7 Å². The molecule has 1 unspecified atom stereocenters. The minimum atomic E-state index is -0.495. The molecule has 0 saturated carbocycles. The van der Waals surface area contributed by atoms with Crippen LogP contribution in [-0.2, 0) is 11.2 Å². The summed E-state index contributed by atoms with van der Waals surface area (Å²) in [4.78, 5) is 14.6. The second kappa shape index (κ2) is 4.97. The Labute approximate surface area is 116 Å². The number of nitrogens with zero attached hydrogens (tertiary/aromatic N) is 1. The lowest BCUT2D eigenvalue weighted by Gasteiger charge is -2.42. The Hall–Kier alpha value is -1.35. The fourth-order valence-corrected chi connectivity index (χ4v) is 3.00. The summed E-state index contributed by atoms with van der Waals surface area (Å²) in [5, 5.41) is 3.37. The van der Waals surface area contributed by atoms with Crippen LogP contribution in [0.3, 0.4) is 0 Å². The van der Waals surface area contributed by atoms with Crippen LogP contribution >= 0.6 is 0 Å². The number of carbonyl (C=O) groups is 1. The second-order valence-corrected chi connectivity index (χ2v) is 6.02. The van der Waals surface area contributed by atoms with E-state index in [0.717, 1.165) is 18.7 Å². The van der Waals surface area contributed by atoms with E-state index in [9.17, 15) is 4.79 Å². The summed E-state index contributed by atoms with van der Waals surface area (Å²) < 4.78 is 0. The van der Waals surface area contributed by atoms with E-state index in [2.05, 4.69) is 44.3 Å². The van der Waals surface area contributed by atoms with Crippen molar-refractivity contribution in [2.45, 2.75) is 52.6 Å². The Morgan fingerprint density at radius 3 is 2.74 bits per heavy atom. The highest BCUT2D eigenvalue weighted by Gasteiger charge is 2.39. The maximum Gasteiger partial charge on any atom is 0.246 e. The van der Waals surface area contributed by atoms with Gasteiger partial charge in [-0.05, 0) is 45.2 Å². The molecule has 0 radical (unpaired) electrons. The molecular formula is C16H24N2O. The van der Waals surface area contributed by atoms with Crippen LogP contribution in [0.5, 0.6) is 0 Å². The van der Waals surface area contributed by atoms with Crippen LogP contribution in [0.1, 0.15) is 38.8 Å². The summed E-state index contributed by atoms with van der Waals surface area (Å²) >= 11 is 0. The van der Waals surface area contributed by atoms with Gasteiger partial charge in [0.15, 0.2) is 0 Å². The van der Waals surface area contributed by atoms with Gasteiger partial charge < -0.3 is 4.90 Å². The fraction of sp³-hybridized carbons (Fsp3) is 0.562. The van der Waals surface area contributed by atoms with Gasteiger partial charge in [0.25, 0.3) is 0 Å². The van der Waals surface area contributed by atoms with Gasteiger partial charge in [-0.15, -0.1) is 0 Å². The van der Waals surface area contributed by atoms with Gasteiger partial charge in [-0.2, -0.15) is 0 Å². The van der Waals surface area contributed by atoms with E-state index in [-0.39, 0.29) is 5.91 Å². The van der Waals surface area contributed by atoms with Crippen molar-refractivity contribution >= 4 is 11.6 Å². The predicted molar refractivity (Wildman–Crippen MR) is 79.6 cm³/mol. The number of hydrogen-bond acceptors (Lipinski definition) is 2. The molecule has 3 heteroatoms. The van der Waals surface area contributed by atoms with E-state index in [1.54, 1.807) is 0 Å². The minimum absolute atomic E-state index is 0.162. The van der Waals surface area contributed by atoms with Gasteiger partial charge in [0.2, 0.25) is 5.91 Å². The molecule has 0 aromatic heterocycles. The zero-order valence-electron chi connectivity index (χ0n) is 12.6. The summed E-state index contributed by atoms with van der Waals surface area (Å²) in [6.45, 7) is 11.0. The van der Waals surface area contributed by atoms with Crippen LogP contribution in [0.15, 0.2) is 18.2 Å². The molecule has 3 nitrogen and oxygen atoms in total. The lowest BCUT2D eigenvalue weighted by Crippen LogP contribution is -2.65. The monoisotopic (exact) mass is 260 g/mol. The van der Waals surface area contributed by atoms with Gasteiger partial charge in [0.1, 0.15) is 0 Å². The molecule has 2 rings (SSSR count). The summed E-state index contributed by atoms with van der Waals surface area (Å²) in [5.41, 5.74) is 3.04. The average Bonchev–Trinajstić information content (AvgIpc) is 2.33. The number of aryl methyl sites for hydroxylation is 2. The molecule has 19 heavy (non-hydrogen) atoms. The van der Waals surface area contributed by atoms with Crippen LogP contribution in [0.4, 0.5) is 5.69 Å². The maximum atomic E-state index is 12.7. The van der Waals surface area contributed by atoms with E-state index in [4.69, 9.17) is 0 Å². The van der Waals surface area contributed by atoms with Gasteiger partial charge in [0.05, 0.1) is 5.54 Å². The van der Waals surface area contributed by atoms with Crippen molar-refractivity contribution in [3.63, 3.8) is 0 Å². The zero-order valence-corrected chi connectivity index (χ0v) is 12.6. The van der Waals surface area contributed by atoms with Gasteiger partial charge in [0, 0.05) is 18.3 Å². The lowest BCUT2D eigenvalue weighted by atomic mass is 9.95. The molecule has 1 aliphatic rings. The molecular weight excluding hydrogens is 236 g/mol. The van der Waals surface area contributed by atoms with Crippen molar-refractivity contribution in [2.24, 2.45) is 0 Å². The smallest absolute Gasteiger partial charge is 0.246 e. The van der Waals surface area contributed by atoms with E-state index >= 15 is 0 Å². The van der Waals surface area contributed by atoms with Gasteiger partial charge >= 0.3 is 0 Å². The highest BCUT2D eigenvalue weighted by Crippen LogP contribution is 2.30. The maximum absolute atomic E-state index is 12.7. The van der Waals surface area contributed by atoms with Crippen LogP contribution in [0.25, 0.3) is 0 Å². The predicted octanol–water partition coefficient (Wildman–Crippen LogP) is 2.66. The molecule has 1 saturated heterocycles. The molecule has 1 amide bonds.